The maximum absolute atomic E-state index is 13.6. The molecular formula is C18H14BrF3N2O3. The van der Waals surface area contributed by atoms with E-state index in [4.69, 9.17) is 4.74 Å². The van der Waals surface area contributed by atoms with Crippen molar-refractivity contribution in [2.75, 3.05) is 7.11 Å². The number of hydrogen-bond donors (Lipinski definition) is 1. The van der Waals surface area contributed by atoms with E-state index in [-0.39, 0.29) is 16.3 Å². The number of benzene rings is 2. The highest BCUT2D eigenvalue weighted by molar-refractivity contribution is 9.10. The molecule has 1 aliphatic rings. The molecular weight excluding hydrogens is 429 g/mol. The molecule has 0 aromatic heterocycles. The lowest BCUT2D eigenvalue weighted by molar-refractivity contribution is -0.297. The summed E-state index contributed by atoms with van der Waals surface area (Å²) in [6.45, 7) is 0. The van der Waals surface area contributed by atoms with Gasteiger partial charge in [-0.15, -0.1) is 0 Å². The van der Waals surface area contributed by atoms with Crippen LogP contribution < -0.4 is 4.74 Å². The minimum atomic E-state index is -5.09. The van der Waals surface area contributed by atoms with Crippen LogP contribution in [0, 0.1) is 0 Å². The third-order valence-corrected chi connectivity index (χ3v) is 4.62. The highest BCUT2D eigenvalue weighted by Gasteiger charge is 2.63. The second-order valence-electron chi connectivity index (χ2n) is 5.89. The number of halogens is 4. The van der Waals surface area contributed by atoms with Gasteiger partial charge in [0.2, 0.25) is 0 Å². The van der Waals surface area contributed by atoms with Gasteiger partial charge in [-0.25, -0.2) is 0 Å². The molecule has 0 fully saturated rings. The largest absolute Gasteiger partial charge is 0.497 e. The Morgan fingerprint density at radius 3 is 2.48 bits per heavy atom. The molecule has 2 aromatic rings. The number of hydrazone groups is 1. The molecule has 142 valence electrons. The van der Waals surface area contributed by atoms with Crippen LogP contribution in [0.15, 0.2) is 58.1 Å². The molecule has 1 amide bonds. The molecule has 2 aromatic carbocycles. The van der Waals surface area contributed by atoms with Gasteiger partial charge in [0.15, 0.2) is 0 Å². The van der Waals surface area contributed by atoms with E-state index in [1.54, 1.807) is 18.2 Å². The molecule has 0 radical (unpaired) electrons. The monoisotopic (exact) mass is 442 g/mol. The molecule has 27 heavy (non-hydrogen) atoms. The average molecular weight is 443 g/mol. The predicted octanol–water partition coefficient (Wildman–Crippen LogP) is 3.96. The maximum atomic E-state index is 13.6. The van der Waals surface area contributed by atoms with Gasteiger partial charge >= 0.3 is 6.18 Å². The van der Waals surface area contributed by atoms with Gasteiger partial charge in [0.1, 0.15) is 5.75 Å². The number of carbonyl (C=O) groups excluding carboxylic acids is 1. The lowest BCUT2D eigenvalue weighted by Crippen LogP contribution is -2.56. The van der Waals surface area contributed by atoms with Gasteiger partial charge in [0.25, 0.3) is 11.6 Å². The zero-order valence-corrected chi connectivity index (χ0v) is 15.6. The SMILES string of the molecule is COc1ccc(C2=NN(C(=O)c3cccc(Br)c3)[C@@](O)(C(F)(F)F)C2)cc1. The van der Waals surface area contributed by atoms with E-state index in [2.05, 4.69) is 21.0 Å². The summed E-state index contributed by atoms with van der Waals surface area (Å²) >= 11 is 3.17. The summed E-state index contributed by atoms with van der Waals surface area (Å²) in [6.07, 6.45) is -5.96. The van der Waals surface area contributed by atoms with Gasteiger partial charge in [0.05, 0.1) is 19.2 Å². The van der Waals surface area contributed by atoms with Crippen LogP contribution in [0.5, 0.6) is 5.75 Å². The van der Waals surface area contributed by atoms with Gasteiger partial charge in [-0.05, 0) is 48.0 Å². The van der Waals surface area contributed by atoms with E-state index in [0.717, 1.165) is 0 Å². The highest BCUT2D eigenvalue weighted by Crippen LogP contribution is 2.42. The van der Waals surface area contributed by atoms with Crippen molar-refractivity contribution in [1.82, 2.24) is 5.01 Å². The number of amides is 1. The first kappa shape index (κ1) is 19.4. The van der Waals surface area contributed by atoms with E-state index in [1.807, 2.05) is 0 Å². The third kappa shape index (κ3) is 3.57. The van der Waals surface area contributed by atoms with Crippen molar-refractivity contribution in [3.05, 3.63) is 64.1 Å². The Labute approximate surface area is 161 Å². The van der Waals surface area contributed by atoms with Gasteiger partial charge in [-0.1, -0.05) is 22.0 Å². The van der Waals surface area contributed by atoms with Gasteiger partial charge in [-0.2, -0.15) is 23.3 Å². The second-order valence-corrected chi connectivity index (χ2v) is 6.81. The molecule has 1 N–H and O–H groups in total. The number of carbonyl (C=O) groups is 1. The topological polar surface area (TPSA) is 62.1 Å². The van der Waals surface area contributed by atoms with Crippen molar-refractivity contribution in [2.24, 2.45) is 5.10 Å². The predicted molar refractivity (Wildman–Crippen MR) is 95.5 cm³/mol. The molecule has 1 heterocycles. The number of hydrogen-bond acceptors (Lipinski definition) is 4. The summed E-state index contributed by atoms with van der Waals surface area (Å²) < 4.78 is 46.4. The minimum Gasteiger partial charge on any atom is -0.497 e. The van der Waals surface area contributed by atoms with E-state index < -0.39 is 24.2 Å². The maximum Gasteiger partial charge on any atom is 0.438 e. The van der Waals surface area contributed by atoms with E-state index in [9.17, 15) is 23.1 Å². The lowest BCUT2D eigenvalue weighted by Gasteiger charge is -2.32. The standard InChI is InChI=1S/C18H14BrF3N2O3/c1-27-14-7-5-11(6-8-14)15-10-17(26,18(20,21)22)24(23-15)16(25)12-3-2-4-13(19)9-12/h2-9,26H,10H2,1H3/t17-/m0/s1. The number of rotatable bonds is 3. The molecule has 1 aliphatic heterocycles. The summed E-state index contributed by atoms with van der Waals surface area (Å²) in [4.78, 5) is 12.7. The number of aliphatic hydroxyl groups is 1. The lowest BCUT2D eigenvalue weighted by atomic mass is 10.0. The Morgan fingerprint density at radius 1 is 1.26 bits per heavy atom. The van der Waals surface area contributed by atoms with Crippen molar-refractivity contribution >= 4 is 27.5 Å². The number of ether oxygens (including phenoxy) is 1. The number of methoxy groups -OCH3 is 1. The van der Waals surface area contributed by atoms with E-state index in [0.29, 0.717) is 15.8 Å². The van der Waals surface area contributed by atoms with Crippen LogP contribution in [0.1, 0.15) is 22.3 Å². The molecule has 0 saturated carbocycles. The molecule has 0 unspecified atom stereocenters. The van der Waals surface area contributed by atoms with Gasteiger partial charge in [0, 0.05) is 10.0 Å². The summed E-state index contributed by atoms with van der Waals surface area (Å²) in [5.41, 5.74) is -3.17. The van der Waals surface area contributed by atoms with Crippen LogP contribution in [-0.4, -0.2) is 40.7 Å². The Bertz CT molecular complexity index is 899. The summed E-state index contributed by atoms with van der Waals surface area (Å²) in [5.74, 6) is -0.537. The van der Waals surface area contributed by atoms with Gasteiger partial charge < -0.3 is 9.84 Å². The Hall–Kier alpha value is -2.39. The molecule has 0 aliphatic carbocycles. The van der Waals surface area contributed by atoms with Crippen molar-refractivity contribution in [1.29, 1.82) is 0 Å². The van der Waals surface area contributed by atoms with Crippen molar-refractivity contribution in [3.63, 3.8) is 0 Å². The Morgan fingerprint density at radius 2 is 1.93 bits per heavy atom. The zero-order chi connectivity index (χ0) is 19.8. The minimum absolute atomic E-state index is 0.0354. The fourth-order valence-corrected chi connectivity index (χ4v) is 3.07. The fourth-order valence-electron chi connectivity index (χ4n) is 2.67. The van der Waals surface area contributed by atoms with E-state index in [1.165, 1.54) is 37.4 Å². The zero-order valence-electron chi connectivity index (χ0n) is 14.0. The Kier molecular flexibility index (Phi) is 5.00. The number of alkyl halides is 3. The van der Waals surface area contributed by atoms with Crippen LogP contribution in [0.3, 0.4) is 0 Å². The third-order valence-electron chi connectivity index (χ3n) is 4.13. The van der Waals surface area contributed by atoms with Crippen LogP contribution in [0.4, 0.5) is 13.2 Å². The first-order valence-electron chi connectivity index (χ1n) is 7.77. The summed E-state index contributed by atoms with van der Waals surface area (Å²) in [6, 6.07) is 12.0. The van der Waals surface area contributed by atoms with Crippen molar-refractivity contribution < 1.29 is 27.8 Å². The summed E-state index contributed by atoms with van der Waals surface area (Å²) in [7, 11) is 1.46. The Balaban J connectivity index is 2.03. The second kappa shape index (κ2) is 6.97. The molecule has 3 rings (SSSR count). The fraction of sp³-hybridized carbons (Fsp3) is 0.222. The highest BCUT2D eigenvalue weighted by atomic mass is 79.9. The van der Waals surface area contributed by atoms with Crippen LogP contribution in [-0.2, 0) is 0 Å². The van der Waals surface area contributed by atoms with Crippen LogP contribution in [0.25, 0.3) is 0 Å². The molecule has 0 saturated heterocycles. The first-order chi connectivity index (χ1) is 12.7. The summed E-state index contributed by atoms with van der Waals surface area (Å²) in [5, 5.41) is 14.3. The van der Waals surface area contributed by atoms with Crippen molar-refractivity contribution in [3.8, 4) is 5.75 Å². The molecule has 0 spiro atoms. The average Bonchev–Trinajstić information content (AvgIpc) is 3.00. The van der Waals surface area contributed by atoms with E-state index >= 15 is 0 Å². The first-order valence-corrected chi connectivity index (χ1v) is 8.56. The van der Waals surface area contributed by atoms with Crippen molar-refractivity contribution in [2.45, 2.75) is 18.3 Å². The smallest absolute Gasteiger partial charge is 0.438 e. The number of nitrogens with zero attached hydrogens (tertiary/aromatic N) is 2. The molecule has 1 atom stereocenters. The molecule has 5 nitrogen and oxygen atoms in total. The van der Waals surface area contributed by atoms with Crippen LogP contribution >= 0.6 is 15.9 Å². The van der Waals surface area contributed by atoms with Gasteiger partial charge in [-0.3, -0.25) is 4.79 Å². The normalized spacial score (nSPS) is 19.8. The molecule has 0 bridgehead atoms. The quantitative estimate of drug-likeness (QED) is 0.782. The molecule has 9 heteroatoms. The van der Waals surface area contributed by atoms with Crippen LogP contribution in [0.2, 0.25) is 0 Å².